The fraction of sp³-hybridized carbons (Fsp3) is 1.00. The third-order valence-corrected chi connectivity index (χ3v) is 0.336. The molecule has 1 radical (unpaired) electrons. The highest BCUT2D eigenvalue weighted by atomic mass is 19.3. The summed E-state index contributed by atoms with van der Waals surface area (Å²) >= 11 is 0. The summed E-state index contributed by atoms with van der Waals surface area (Å²) in [5.74, 6) is 0. The lowest BCUT2D eigenvalue weighted by atomic mass is 10.5. The molecule has 0 heterocycles. The summed E-state index contributed by atoms with van der Waals surface area (Å²) in [4.78, 5) is 0. The second-order valence-electron chi connectivity index (χ2n) is 0.884. The standard InChI is InChI=1S/C3H5F2O/c4-3(5)1-2-6/h3H,1-2H2. The largest absolute Gasteiger partial charge is 0.240 e. The molecule has 0 bridgehead atoms. The molecule has 1 nitrogen and oxygen atoms in total. The minimum atomic E-state index is -2.41. The van der Waals surface area contributed by atoms with E-state index < -0.39 is 19.5 Å². The zero-order valence-electron chi connectivity index (χ0n) is 3.16. The lowest BCUT2D eigenvalue weighted by molar-refractivity contribution is 0.0841. The predicted octanol–water partition coefficient (Wildman–Crippen LogP) is 1.07. The van der Waals surface area contributed by atoms with Crippen LogP contribution >= 0.6 is 0 Å². The van der Waals surface area contributed by atoms with Gasteiger partial charge >= 0.3 is 0 Å². The van der Waals surface area contributed by atoms with E-state index in [1.165, 1.54) is 0 Å². The van der Waals surface area contributed by atoms with Gasteiger partial charge < -0.3 is 0 Å². The minimum absolute atomic E-state index is 0.514. The molecule has 0 N–H and O–H groups in total. The Morgan fingerprint density at radius 2 is 2.00 bits per heavy atom. The van der Waals surface area contributed by atoms with Crippen molar-refractivity contribution in [3.63, 3.8) is 0 Å². The van der Waals surface area contributed by atoms with Gasteiger partial charge in [-0.3, -0.25) is 0 Å². The molecule has 0 saturated carbocycles. The molecule has 0 aromatic rings. The van der Waals surface area contributed by atoms with Crippen molar-refractivity contribution >= 4 is 0 Å². The summed E-state index contributed by atoms with van der Waals surface area (Å²) in [5.41, 5.74) is 0. The highest BCUT2D eigenvalue weighted by molar-refractivity contribution is 4.32. The molecule has 0 aromatic heterocycles. The number of alkyl halides is 2. The van der Waals surface area contributed by atoms with Gasteiger partial charge in [-0.15, -0.1) is 0 Å². The molecule has 0 atom stereocenters. The maximum absolute atomic E-state index is 10.8. The molecule has 0 aromatic carbocycles. The number of hydrogen-bond acceptors (Lipinski definition) is 0. The molecular formula is C3H5F2O. The van der Waals surface area contributed by atoms with E-state index in [1.54, 1.807) is 0 Å². The second kappa shape index (κ2) is 3.03. The summed E-state index contributed by atoms with van der Waals surface area (Å²) in [5, 5.41) is 9.26. The van der Waals surface area contributed by atoms with E-state index in [1.807, 2.05) is 0 Å². The van der Waals surface area contributed by atoms with Gasteiger partial charge in [-0.25, -0.2) is 13.9 Å². The van der Waals surface area contributed by atoms with Crippen LogP contribution in [-0.4, -0.2) is 13.0 Å². The summed E-state index contributed by atoms with van der Waals surface area (Å²) in [7, 11) is 0. The van der Waals surface area contributed by atoms with Gasteiger partial charge in [0.05, 0.1) is 6.61 Å². The Labute approximate surface area is 34.6 Å². The van der Waals surface area contributed by atoms with Gasteiger partial charge in [0.15, 0.2) is 0 Å². The van der Waals surface area contributed by atoms with E-state index in [0.717, 1.165) is 0 Å². The molecule has 0 unspecified atom stereocenters. The van der Waals surface area contributed by atoms with E-state index in [4.69, 9.17) is 0 Å². The normalized spacial score (nSPS) is 10.0. The Morgan fingerprint density at radius 3 is 2.00 bits per heavy atom. The van der Waals surface area contributed by atoms with Crippen molar-refractivity contribution in [3.05, 3.63) is 0 Å². The molecule has 0 spiro atoms. The van der Waals surface area contributed by atoms with E-state index in [9.17, 15) is 13.9 Å². The first-order valence-electron chi connectivity index (χ1n) is 1.63. The van der Waals surface area contributed by atoms with Crippen molar-refractivity contribution < 1.29 is 13.9 Å². The summed E-state index contributed by atoms with van der Waals surface area (Å²) in [6, 6.07) is 0. The quantitative estimate of drug-likeness (QED) is 0.489. The zero-order chi connectivity index (χ0) is 4.99. The fourth-order valence-corrected chi connectivity index (χ4v) is 0.0891. The van der Waals surface area contributed by atoms with Crippen LogP contribution in [0, 0.1) is 0 Å². The van der Waals surface area contributed by atoms with Crippen molar-refractivity contribution in [1.82, 2.24) is 0 Å². The van der Waals surface area contributed by atoms with E-state index >= 15 is 0 Å². The van der Waals surface area contributed by atoms with Gasteiger partial charge in [-0.2, -0.15) is 0 Å². The third-order valence-electron chi connectivity index (χ3n) is 0.336. The second-order valence-corrected chi connectivity index (χ2v) is 0.884. The van der Waals surface area contributed by atoms with Crippen LogP contribution in [0.1, 0.15) is 6.42 Å². The molecular weight excluding hydrogens is 90.0 g/mol. The van der Waals surface area contributed by atoms with Crippen LogP contribution in [-0.2, 0) is 5.11 Å². The van der Waals surface area contributed by atoms with Crippen molar-refractivity contribution in [3.8, 4) is 0 Å². The summed E-state index contributed by atoms with van der Waals surface area (Å²) < 4.78 is 21.7. The summed E-state index contributed by atoms with van der Waals surface area (Å²) in [6.45, 7) is -0.669. The van der Waals surface area contributed by atoms with Crippen LogP contribution in [0.3, 0.4) is 0 Å². The van der Waals surface area contributed by atoms with Crippen molar-refractivity contribution in [1.29, 1.82) is 0 Å². The van der Waals surface area contributed by atoms with Crippen LogP contribution in [0.4, 0.5) is 8.78 Å². The van der Waals surface area contributed by atoms with Gasteiger partial charge in [-0.1, -0.05) is 0 Å². The van der Waals surface area contributed by atoms with Crippen molar-refractivity contribution in [2.45, 2.75) is 12.8 Å². The Kier molecular flexibility index (Phi) is 2.94. The summed E-state index contributed by atoms with van der Waals surface area (Å²) in [6.07, 6.45) is -2.93. The molecule has 0 rings (SSSR count). The first-order valence-corrected chi connectivity index (χ1v) is 1.63. The van der Waals surface area contributed by atoms with E-state index in [0.29, 0.717) is 0 Å². The Balaban J connectivity index is 2.63. The Morgan fingerprint density at radius 1 is 1.50 bits per heavy atom. The smallest absolute Gasteiger partial charge is 0.237 e. The van der Waals surface area contributed by atoms with E-state index in [2.05, 4.69) is 0 Å². The number of rotatable bonds is 2. The van der Waals surface area contributed by atoms with Crippen LogP contribution in [0.5, 0.6) is 0 Å². The molecule has 3 heteroatoms. The fourth-order valence-electron chi connectivity index (χ4n) is 0.0891. The van der Waals surface area contributed by atoms with Crippen LogP contribution in [0.15, 0.2) is 0 Å². The van der Waals surface area contributed by atoms with Gasteiger partial charge in [0.2, 0.25) is 6.43 Å². The highest BCUT2D eigenvalue weighted by Crippen LogP contribution is 1.95. The maximum atomic E-state index is 10.8. The van der Waals surface area contributed by atoms with Gasteiger partial charge in [0, 0.05) is 6.42 Å². The average molecular weight is 95.1 g/mol. The Hall–Kier alpha value is -0.180. The van der Waals surface area contributed by atoms with Gasteiger partial charge in [0.25, 0.3) is 0 Å². The van der Waals surface area contributed by atoms with Crippen LogP contribution in [0.2, 0.25) is 0 Å². The maximum Gasteiger partial charge on any atom is 0.240 e. The third kappa shape index (κ3) is 3.82. The topological polar surface area (TPSA) is 19.9 Å². The Bertz CT molecular complexity index is 30.0. The molecule has 0 aliphatic rings. The first kappa shape index (κ1) is 5.82. The zero-order valence-corrected chi connectivity index (χ0v) is 3.16. The molecule has 0 aliphatic carbocycles. The molecule has 0 saturated heterocycles. The van der Waals surface area contributed by atoms with E-state index in [-0.39, 0.29) is 0 Å². The van der Waals surface area contributed by atoms with Crippen LogP contribution < -0.4 is 0 Å². The van der Waals surface area contributed by atoms with Crippen LogP contribution in [0.25, 0.3) is 0 Å². The predicted molar refractivity (Wildman–Crippen MR) is 16.2 cm³/mol. The number of hydrogen-bond donors (Lipinski definition) is 0. The minimum Gasteiger partial charge on any atom is -0.237 e. The first-order chi connectivity index (χ1) is 2.77. The average Bonchev–Trinajstić information content (AvgIpc) is 1.35. The molecule has 0 aliphatic heterocycles. The van der Waals surface area contributed by atoms with Crippen molar-refractivity contribution in [2.24, 2.45) is 0 Å². The lowest BCUT2D eigenvalue weighted by Crippen LogP contribution is -1.91. The highest BCUT2D eigenvalue weighted by Gasteiger charge is 1.97. The molecule has 37 valence electrons. The van der Waals surface area contributed by atoms with Gasteiger partial charge in [0.1, 0.15) is 0 Å². The molecule has 0 fully saturated rings. The van der Waals surface area contributed by atoms with Gasteiger partial charge in [-0.05, 0) is 0 Å². The number of halogens is 2. The monoisotopic (exact) mass is 95.0 g/mol. The molecule has 0 amide bonds. The molecule has 6 heavy (non-hydrogen) atoms. The SMILES string of the molecule is [O]CCC(F)F. The van der Waals surface area contributed by atoms with Crippen molar-refractivity contribution in [2.75, 3.05) is 6.61 Å². The lowest BCUT2D eigenvalue weighted by Gasteiger charge is -1.85.